The van der Waals surface area contributed by atoms with Gasteiger partial charge in [-0.25, -0.2) is 0 Å². The molecule has 1 aromatic rings. The van der Waals surface area contributed by atoms with Crippen LogP contribution in [0.4, 0.5) is 0 Å². The Morgan fingerprint density at radius 1 is 1.43 bits per heavy atom. The minimum atomic E-state index is 0.487. The van der Waals surface area contributed by atoms with Gasteiger partial charge in [0.1, 0.15) is 0 Å². The molecule has 1 N–H and O–H groups in total. The Hall–Kier alpha value is -1.03. The maximum absolute atomic E-state index is 8.05. The molecular formula is C9H11BrN4. The molecule has 1 aromatic carbocycles. The number of rotatable bonds is 5. The summed E-state index contributed by atoms with van der Waals surface area (Å²) < 4.78 is 1.09. The lowest BCUT2D eigenvalue weighted by Crippen LogP contribution is -2.16. The van der Waals surface area contributed by atoms with Gasteiger partial charge in [0, 0.05) is 29.0 Å². The Balaban J connectivity index is 2.31. The summed E-state index contributed by atoms with van der Waals surface area (Å²) in [4.78, 5) is 2.67. The molecule has 0 saturated carbocycles. The molecule has 0 unspecified atom stereocenters. The normalized spacial score (nSPS) is 9.50. The summed E-state index contributed by atoms with van der Waals surface area (Å²) in [6.07, 6.45) is 0. The van der Waals surface area contributed by atoms with Crippen molar-refractivity contribution in [2.75, 3.05) is 13.1 Å². The van der Waals surface area contributed by atoms with E-state index < -0.39 is 0 Å². The first-order chi connectivity index (χ1) is 6.84. The Labute approximate surface area is 91.1 Å². The SMILES string of the molecule is [N-]=[N+]=NCCNCc1ccccc1Br. The van der Waals surface area contributed by atoms with Crippen LogP contribution in [0.3, 0.4) is 0 Å². The number of hydrogen-bond acceptors (Lipinski definition) is 2. The van der Waals surface area contributed by atoms with Crippen LogP contribution in [0.2, 0.25) is 0 Å². The van der Waals surface area contributed by atoms with Gasteiger partial charge in [0.2, 0.25) is 0 Å². The van der Waals surface area contributed by atoms with Crippen molar-refractivity contribution in [1.29, 1.82) is 0 Å². The number of hydrogen-bond donors (Lipinski definition) is 1. The highest BCUT2D eigenvalue weighted by Gasteiger charge is 1.96. The average molecular weight is 255 g/mol. The van der Waals surface area contributed by atoms with E-state index in [-0.39, 0.29) is 0 Å². The van der Waals surface area contributed by atoms with E-state index in [4.69, 9.17) is 5.53 Å². The minimum Gasteiger partial charge on any atom is -0.313 e. The van der Waals surface area contributed by atoms with Gasteiger partial charge in [-0.2, -0.15) is 0 Å². The van der Waals surface area contributed by atoms with Crippen LogP contribution in [0, 0.1) is 0 Å². The maximum Gasteiger partial charge on any atom is 0.0383 e. The van der Waals surface area contributed by atoms with Crippen LogP contribution in [0.5, 0.6) is 0 Å². The fourth-order valence-corrected chi connectivity index (χ4v) is 1.46. The zero-order chi connectivity index (χ0) is 10.2. The molecule has 0 bridgehead atoms. The van der Waals surface area contributed by atoms with Gasteiger partial charge in [-0.05, 0) is 17.2 Å². The smallest absolute Gasteiger partial charge is 0.0383 e. The van der Waals surface area contributed by atoms with Crippen LogP contribution in [-0.2, 0) is 6.54 Å². The highest BCUT2D eigenvalue weighted by atomic mass is 79.9. The molecule has 0 amide bonds. The van der Waals surface area contributed by atoms with Crippen molar-refractivity contribution in [1.82, 2.24) is 5.32 Å². The first-order valence-corrected chi connectivity index (χ1v) is 5.09. The molecule has 0 saturated heterocycles. The molecule has 0 aromatic heterocycles. The molecule has 5 heteroatoms. The van der Waals surface area contributed by atoms with Crippen LogP contribution in [-0.4, -0.2) is 13.1 Å². The second kappa shape index (κ2) is 6.43. The van der Waals surface area contributed by atoms with Crippen molar-refractivity contribution in [2.45, 2.75) is 6.54 Å². The molecule has 0 aliphatic rings. The van der Waals surface area contributed by atoms with E-state index in [9.17, 15) is 0 Å². The van der Waals surface area contributed by atoms with E-state index in [1.165, 1.54) is 5.56 Å². The largest absolute Gasteiger partial charge is 0.313 e. The van der Waals surface area contributed by atoms with Crippen LogP contribution >= 0.6 is 15.9 Å². The zero-order valence-electron chi connectivity index (χ0n) is 7.65. The lowest BCUT2D eigenvalue weighted by molar-refractivity contribution is 0.692. The Bertz CT molecular complexity index is 333. The van der Waals surface area contributed by atoms with Gasteiger partial charge in [-0.3, -0.25) is 0 Å². The van der Waals surface area contributed by atoms with Gasteiger partial charge in [-0.15, -0.1) is 0 Å². The topological polar surface area (TPSA) is 60.8 Å². The van der Waals surface area contributed by atoms with Gasteiger partial charge in [0.15, 0.2) is 0 Å². The van der Waals surface area contributed by atoms with Crippen molar-refractivity contribution < 1.29 is 0 Å². The number of halogens is 1. The van der Waals surface area contributed by atoms with Gasteiger partial charge in [0.25, 0.3) is 0 Å². The second-order valence-electron chi connectivity index (χ2n) is 2.72. The molecule has 74 valence electrons. The van der Waals surface area contributed by atoms with E-state index in [2.05, 4.69) is 31.3 Å². The highest BCUT2D eigenvalue weighted by Crippen LogP contribution is 2.14. The first kappa shape index (κ1) is 11.0. The Morgan fingerprint density at radius 3 is 2.93 bits per heavy atom. The van der Waals surface area contributed by atoms with Crippen LogP contribution < -0.4 is 5.32 Å². The number of benzene rings is 1. The molecule has 0 heterocycles. The van der Waals surface area contributed by atoms with Crippen LogP contribution in [0.1, 0.15) is 5.56 Å². The second-order valence-corrected chi connectivity index (χ2v) is 3.58. The number of nitrogens with one attached hydrogen (secondary N) is 1. The standard InChI is InChI=1S/C9H11BrN4/c10-9-4-2-1-3-8(9)7-12-5-6-13-14-11/h1-4,12H,5-7H2. The van der Waals surface area contributed by atoms with Crippen LogP contribution in [0.25, 0.3) is 10.4 Å². The Kier molecular flexibility index (Phi) is 5.07. The fourth-order valence-electron chi connectivity index (χ4n) is 1.04. The van der Waals surface area contributed by atoms with Gasteiger partial charge < -0.3 is 5.32 Å². The van der Waals surface area contributed by atoms with E-state index in [1.807, 2.05) is 24.3 Å². The predicted molar refractivity (Wildman–Crippen MR) is 59.9 cm³/mol. The Morgan fingerprint density at radius 2 is 2.21 bits per heavy atom. The molecule has 0 aliphatic heterocycles. The third-order valence-corrected chi connectivity index (χ3v) is 2.50. The lowest BCUT2D eigenvalue weighted by atomic mass is 10.2. The summed E-state index contributed by atoms with van der Waals surface area (Å²) >= 11 is 3.46. The van der Waals surface area contributed by atoms with Crippen LogP contribution in [0.15, 0.2) is 33.9 Å². The quantitative estimate of drug-likeness (QED) is 0.374. The molecule has 1 rings (SSSR count). The molecular weight excluding hydrogens is 244 g/mol. The third-order valence-electron chi connectivity index (χ3n) is 1.73. The summed E-state index contributed by atoms with van der Waals surface area (Å²) in [5.41, 5.74) is 9.25. The molecule has 0 spiro atoms. The predicted octanol–water partition coefficient (Wildman–Crippen LogP) is 2.85. The van der Waals surface area contributed by atoms with E-state index in [0.29, 0.717) is 13.1 Å². The molecule has 0 aliphatic carbocycles. The molecule has 4 nitrogen and oxygen atoms in total. The van der Waals surface area contributed by atoms with Gasteiger partial charge in [-0.1, -0.05) is 39.2 Å². The van der Waals surface area contributed by atoms with E-state index in [1.54, 1.807) is 0 Å². The van der Waals surface area contributed by atoms with E-state index in [0.717, 1.165) is 11.0 Å². The fraction of sp³-hybridized carbons (Fsp3) is 0.333. The summed E-state index contributed by atoms with van der Waals surface area (Å²) in [5, 5.41) is 6.61. The summed E-state index contributed by atoms with van der Waals surface area (Å²) in [5.74, 6) is 0. The highest BCUT2D eigenvalue weighted by molar-refractivity contribution is 9.10. The van der Waals surface area contributed by atoms with Crippen molar-refractivity contribution in [3.05, 3.63) is 44.7 Å². The van der Waals surface area contributed by atoms with Crippen molar-refractivity contribution >= 4 is 15.9 Å². The molecule has 0 radical (unpaired) electrons. The first-order valence-electron chi connectivity index (χ1n) is 4.29. The summed E-state index contributed by atoms with van der Waals surface area (Å²) in [7, 11) is 0. The summed E-state index contributed by atoms with van der Waals surface area (Å²) in [6.45, 7) is 1.97. The number of azide groups is 1. The monoisotopic (exact) mass is 254 g/mol. The molecule has 14 heavy (non-hydrogen) atoms. The number of nitrogens with zero attached hydrogens (tertiary/aromatic N) is 3. The summed E-state index contributed by atoms with van der Waals surface area (Å²) in [6, 6.07) is 8.03. The molecule has 0 fully saturated rings. The maximum atomic E-state index is 8.05. The minimum absolute atomic E-state index is 0.487. The van der Waals surface area contributed by atoms with Gasteiger partial charge in [0.05, 0.1) is 0 Å². The van der Waals surface area contributed by atoms with Crippen molar-refractivity contribution in [3.8, 4) is 0 Å². The average Bonchev–Trinajstić information content (AvgIpc) is 2.20. The molecule has 0 atom stereocenters. The van der Waals surface area contributed by atoms with Crippen molar-refractivity contribution in [3.63, 3.8) is 0 Å². The third kappa shape index (κ3) is 3.79. The van der Waals surface area contributed by atoms with Gasteiger partial charge >= 0.3 is 0 Å². The van der Waals surface area contributed by atoms with Crippen molar-refractivity contribution in [2.24, 2.45) is 5.11 Å². The lowest BCUT2D eigenvalue weighted by Gasteiger charge is -2.04. The zero-order valence-corrected chi connectivity index (χ0v) is 9.24. The van der Waals surface area contributed by atoms with E-state index >= 15 is 0 Å².